The molecule has 9 heteroatoms. The van der Waals surface area contributed by atoms with Crippen molar-refractivity contribution in [1.82, 2.24) is 4.90 Å². The molecule has 2 N–H and O–H groups in total. The Morgan fingerprint density at radius 3 is 2.58 bits per heavy atom. The molecule has 3 aromatic rings. The molecule has 2 spiro atoms. The lowest BCUT2D eigenvalue weighted by Gasteiger charge is -2.38. The van der Waals surface area contributed by atoms with E-state index in [1.54, 1.807) is 0 Å². The Bertz CT molecular complexity index is 1600. The van der Waals surface area contributed by atoms with Gasteiger partial charge in [-0.1, -0.05) is 48.5 Å². The van der Waals surface area contributed by atoms with E-state index in [9.17, 15) is 24.5 Å². The van der Waals surface area contributed by atoms with E-state index in [1.807, 2.05) is 49.4 Å². The predicted octanol–water partition coefficient (Wildman–Crippen LogP) is 3.92. The average Bonchev–Trinajstić information content (AvgIpc) is 3.63. The summed E-state index contributed by atoms with van der Waals surface area (Å²) in [6.07, 6.45) is 1.41. The van der Waals surface area contributed by atoms with Gasteiger partial charge in [0.05, 0.1) is 10.8 Å². The molecule has 0 saturated carbocycles. The fourth-order valence-corrected chi connectivity index (χ4v) is 7.66. The van der Waals surface area contributed by atoms with Crippen molar-refractivity contribution in [3.8, 4) is 0 Å². The van der Waals surface area contributed by atoms with Crippen LogP contribution in [0.5, 0.6) is 0 Å². The third-order valence-corrected chi connectivity index (χ3v) is 8.97. The van der Waals surface area contributed by atoms with Gasteiger partial charge in [0, 0.05) is 40.7 Å². The van der Waals surface area contributed by atoms with Crippen molar-refractivity contribution in [2.75, 3.05) is 17.2 Å². The smallest absolute Gasteiger partial charge is 0.270 e. The minimum Gasteiger partial charge on any atom is -0.325 e. The van der Waals surface area contributed by atoms with E-state index >= 15 is 0 Å². The lowest BCUT2D eigenvalue weighted by molar-refractivity contribution is -0.384. The Balaban J connectivity index is 1.58. The summed E-state index contributed by atoms with van der Waals surface area (Å²) in [5.74, 6) is -2.26. The Morgan fingerprint density at radius 2 is 1.76 bits per heavy atom. The molecule has 4 aliphatic heterocycles. The van der Waals surface area contributed by atoms with E-state index in [4.69, 9.17) is 0 Å². The highest BCUT2D eigenvalue weighted by Gasteiger charge is 2.78. The van der Waals surface area contributed by atoms with Crippen molar-refractivity contribution in [3.05, 3.63) is 99.1 Å². The van der Waals surface area contributed by atoms with Gasteiger partial charge in [0.2, 0.25) is 11.8 Å². The number of aryl methyl sites for hydroxylation is 1. The van der Waals surface area contributed by atoms with Gasteiger partial charge in [-0.3, -0.25) is 29.4 Å². The summed E-state index contributed by atoms with van der Waals surface area (Å²) < 4.78 is 0. The van der Waals surface area contributed by atoms with Crippen LogP contribution in [-0.2, 0) is 20.5 Å². The number of nitro groups is 1. The third kappa shape index (κ3) is 2.51. The molecule has 3 aromatic carbocycles. The quantitative estimate of drug-likeness (QED) is 0.314. The van der Waals surface area contributed by atoms with Crippen LogP contribution in [0.15, 0.2) is 66.7 Å². The van der Waals surface area contributed by atoms with E-state index in [0.717, 1.165) is 12.0 Å². The van der Waals surface area contributed by atoms with E-state index in [1.165, 1.54) is 24.3 Å². The van der Waals surface area contributed by atoms with Crippen LogP contribution < -0.4 is 10.6 Å². The Hall–Kier alpha value is -4.37. The highest BCUT2D eigenvalue weighted by atomic mass is 16.6. The summed E-state index contributed by atoms with van der Waals surface area (Å²) in [6, 6.07) is 18.1. The number of non-ortho nitro benzene ring substituents is 1. The van der Waals surface area contributed by atoms with Crippen molar-refractivity contribution in [2.45, 2.75) is 36.8 Å². The summed E-state index contributed by atoms with van der Waals surface area (Å²) in [5.41, 5.74) is 0.600. The lowest BCUT2D eigenvalue weighted by atomic mass is 9.60. The monoisotopic (exact) mass is 508 g/mol. The van der Waals surface area contributed by atoms with Gasteiger partial charge in [-0.05, 0) is 43.5 Å². The maximum Gasteiger partial charge on any atom is 0.270 e. The molecule has 2 fully saturated rings. The molecule has 38 heavy (non-hydrogen) atoms. The molecule has 0 radical (unpaired) electrons. The van der Waals surface area contributed by atoms with Crippen LogP contribution in [0.25, 0.3) is 0 Å². The first-order valence-electron chi connectivity index (χ1n) is 12.7. The number of fused-ring (bicyclic) bond motifs is 7. The van der Waals surface area contributed by atoms with Crippen LogP contribution in [0.3, 0.4) is 0 Å². The van der Waals surface area contributed by atoms with Crippen molar-refractivity contribution < 1.29 is 19.3 Å². The molecule has 190 valence electrons. The van der Waals surface area contributed by atoms with Crippen molar-refractivity contribution >= 4 is 34.7 Å². The maximum atomic E-state index is 14.8. The molecule has 4 unspecified atom stereocenters. The number of nitrogens with one attached hydrogen (secondary N) is 2. The average molecular weight is 509 g/mol. The first-order valence-corrected chi connectivity index (χ1v) is 12.7. The molecule has 4 atom stereocenters. The number of hydrogen-bond acceptors (Lipinski definition) is 6. The fraction of sp³-hybridized carbons (Fsp3) is 0.276. The van der Waals surface area contributed by atoms with Gasteiger partial charge in [-0.2, -0.15) is 0 Å². The molecule has 2 amide bonds. The van der Waals surface area contributed by atoms with Crippen molar-refractivity contribution in [2.24, 2.45) is 5.92 Å². The summed E-state index contributed by atoms with van der Waals surface area (Å²) in [5, 5.41) is 17.6. The molecule has 9 nitrogen and oxygen atoms in total. The van der Waals surface area contributed by atoms with Crippen molar-refractivity contribution in [3.63, 3.8) is 0 Å². The second-order valence-electron chi connectivity index (χ2n) is 10.5. The SMILES string of the molecule is Cc1cccc2c1NC(=O)C21C(C(=O)c2cccc([N+](=O)[O-])c2)C2(C(=O)Nc3ccccc32)C2CCCN21. The third-order valence-electron chi connectivity index (χ3n) is 8.97. The number of nitro benzene ring substituents is 1. The summed E-state index contributed by atoms with van der Waals surface area (Å²) in [6.45, 7) is 2.45. The van der Waals surface area contributed by atoms with Crippen LogP contribution in [0.4, 0.5) is 17.1 Å². The minimum atomic E-state index is -1.45. The number of ketones is 1. The number of hydrogen-bond donors (Lipinski definition) is 2. The van der Waals surface area contributed by atoms with E-state index in [-0.39, 0.29) is 23.1 Å². The van der Waals surface area contributed by atoms with Gasteiger partial charge in [0.1, 0.15) is 11.0 Å². The summed E-state index contributed by atoms with van der Waals surface area (Å²) in [7, 11) is 0. The van der Waals surface area contributed by atoms with Crippen LogP contribution >= 0.6 is 0 Å². The zero-order chi connectivity index (χ0) is 26.4. The molecule has 4 aliphatic rings. The summed E-state index contributed by atoms with van der Waals surface area (Å²) in [4.78, 5) is 56.4. The maximum absolute atomic E-state index is 14.8. The second-order valence-corrected chi connectivity index (χ2v) is 10.5. The Morgan fingerprint density at radius 1 is 1.00 bits per heavy atom. The van der Waals surface area contributed by atoms with Crippen LogP contribution in [0.2, 0.25) is 0 Å². The molecular weight excluding hydrogens is 484 g/mol. The predicted molar refractivity (Wildman–Crippen MR) is 139 cm³/mol. The topological polar surface area (TPSA) is 122 Å². The molecule has 4 heterocycles. The zero-order valence-corrected chi connectivity index (χ0v) is 20.6. The van der Waals surface area contributed by atoms with Crippen LogP contribution in [0, 0.1) is 23.0 Å². The number of carbonyl (C=O) groups is 3. The van der Waals surface area contributed by atoms with Gasteiger partial charge in [0.15, 0.2) is 5.78 Å². The minimum absolute atomic E-state index is 0.107. The molecule has 0 aliphatic carbocycles. The normalized spacial score (nSPS) is 28.8. The fourth-order valence-electron chi connectivity index (χ4n) is 7.66. The highest BCUT2D eigenvalue weighted by Crippen LogP contribution is 2.66. The number of rotatable bonds is 3. The number of carbonyl (C=O) groups excluding carboxylic acids is 3. The number of anilines is 2. The molecule has 0 bridgehead atoms. The number of para-hydroxylation sites is 2. The Labute approximate surface area is 218 Å². The van der Waals surface area contributed by atoms with Gasteiger partial charge < -0.3 is 10.6 Å². The van der Waals surface area contributed by atoms with Gasteiger partial charge in [-0.15, -0.1) is 0 Å². The van der Waals surface area contributed by atoms with E-state index in [0.29, 0.717) is 35.5 Å². The molecule has 7 rings (SSSR count). The first-order chi connectivity index (χ1) is 18.3. The van der Waals surface area contributed by atoms with Crippen LogP contribution in [0.1, 0.15) is 39.9 Å². The lowest BCUT2D eigenvalue weighted by Crippen LogP contribution is -2.55. The Kier molecular flexibility index (Phi) is 4.55. The molecular formula is C29H24N4O5. The molecule has 0 aromatic heterocycles. The van der Waals surface area contributed by atoms with Gasteiger partial charge >= 0.3 is 0 Å². The largest absolute Gasteiger partial charge is 0.325 e. The zero-order valence-electron chi connectivity index (χ0n) is 20.6. The summed E-state index contributed by atoms with van der Waals surface area (Å²) >= 11 is 0. The van der Waals surface area contributed by atoms with E-state index in [2.05, 4.69) is 15.5 Å². The number of nitrogens with zero attached hydrogens (tertiary/aromatic N) is 2. The van der Waals surface area contributed by atoms with Crippen LogP contribution in [-0.4, -0.2) is 40.0 Å². The van der Waals surface area contributed by atoms with Gasteiger partial charge in [0.25, 0.3) is 5.69 Å². The van der Waals surface area contributed by atoms with Crippen molar-refractivity contribution in [1.29, 1.82) is 0 Å². The standard InChI is InChI=1S/C29H24N4O5/c1-16-7-4-11-20-23(16)31-27(36)29(20)25(24(34)17-8-5-9-18(15-17)33(37)38)28(22-13-6-14-32(22)29)19-10-2-3-12-21(19)30-26(28)35/h2-5,7-12,15,22,25H,6,13-14H2,1H3,(H,30,35)(H,31,36). The highest BCUT2D eigenvalue weighted by molar-refractivity contribution is 6.19. The number of amides is 2. The molecule has 2 saturated heterocycles. The number of benzene rings is 3. The van der Waals surface area contributed by atoms with Gasteiger partial charge in [-0.25, -0.2) is 0 Å². The first kappa shape index (κ1) is 22.8. The second kappa shape index (κ2) is 7.58. The number of Topliss-reactive ketones (excluding diaryl/α,β-unsaturated/α-hetero) is 1. The van der Waals surface area contributed by atoms with E-state index < -0.39 is 33.6 Å².